The lowest BCUT2D eigenvalue weighted by Crippen LogP contribution is -2.31. The zero-order valence-corrected chi connectivity index (χ0v) is 10.9. The van der Waals surface area contributed by atoms with Crippen LogP contribution in [0.4, 0.5) is 0 Å². The fraction of sp³-hybridized carbons (Fsp3) is 0.818. The zero-order valence-electron chi connectivity index (χ0n) is 10.1. The Hall–Kier alpha value is -0.550. The lowest BCUT2D eigenvalue weighted by molar-refractivity contribution is 0.338. The van der Waals surface area contributed by atoms with Gasteiger partial charge in [-0.1, -0.05) is 19.0 Å². The van der Waals surface area contributed by atoms with Gasteiger partial charge < -0.3 is 9.84 Å². The number of hydrogen-bond donors (Lipinski definition) is 1. The summed E-state index contributed by atoms with van der Waals surface area (Å²) in [5.74, 6) is 4.62. The van der Waals surface area contributed by atoms with E-state index >= 15 is 0 Å². The normalized spacial score (nSPS) is 27.2. The van der Waals surface area contributed by atoms with E-state index in [1.165, 1.54) is 0 Å². The van der Waals surface area contributed by atoms with E-state index in [9.17, 15) is 0 Å². The van der Waals surface area contributed by atoms with Gasteiger partial charge >= 0.3 is 0 Å². The molecule has 1 saturated heterocycles. The van der Waals surface area contributed by atoms with E-state index in [2.05, 4.69) is 29.3 Å². The quantitative estimate of drug-likeness (QED) is 0.873. The summed E-state index contributed by atoms with van der Waals surface area (Å²) in [6.07, 6.45) is 1.05. The van der Waals surface area contributed by atoms with E-state index in [-0.39, 0.29) is 0 Å². The lowest BCUT2D eigenvalue weighted by Gasteiger charge is -2.13. The summed E-state index contributed by atoms with van der Waals surface area (Å²) in [5.41, 5.74) is 0. The topological polar surface area (TPSA) is 51.0 Å². The summed E-state index contributed by atoms with van der Waals surface area (Å²) in [5, 5.41) is 7.39. The highest BCUT2D eigenvalue weighted by molar-refractivity contribution is 7.99. The van der Waals surface area contributed by atoms with Crippen LogP contribution in [-0.2, 0) is 0 Å². The molecule has 1 aromatic rings. The average molecular weight is 241 g/mol. The molecule has 0 saturated carbocycles. The van der Waals surface area contributed by atoms with Crippen LogP contribution in [-0.4, -0.2) is 34.7 Å². The molecule has 1 aliphatic heterocycles. The van der Waals surface area contributed by atoms with Gasteiger partial charge in [-0.25, -0.2) is 0 Å². The van der Waals surface area contributed by atoms with Gasteiger partial charge in [0.2, 0.25) is 5.89 Å². The first-order chi connectivity index (χ1) is 7.76. The fourth-order valence-corrected chi connectivity index (χ4v) is 3.28. The highest BCUT2D eigenvalue weighted by Gasteiger charge is 2.32. The number of nitrogens with zero attached hydrogens (tertiary/aromatic N) is 2. The van der Waals surface area contributed by atoms with Crippen molar-refractivity contribution in [2.75, 3.05) is 18.6 Å². The third kappa shape index (κ3) is 2.25. The zero-order chi connectivity index (χ0) is 11.5. The van der Waals surface area contributed by atoms with Gasteiger partial charge in [0.15, 0.2) is 5.82 Å². The van der Waals surface area contributed by atoms with E-state index in [1.54, 1.807) is 0 Å². The minimum Gasteiger partial charge on any atom is -0.339 e. The third-order valence-corrected chi connectivity index (χ3v) is 4.47. The number of hydrogen-bond acceptors (Lipinski definition) is 5. The number of nitrogens with one attached hydrogen (secondary N) is 1. The van der Waals surface area contributed by atoms with Gasteiger partial charge in [-0.05, 0) is 13.5 Å². The smallest absolute Gasteiger partial charge is 0.232 e. The van der Waals surface area contributed by atoms with Crippen LogP contribution in [0, 0.1) is 0 Å². The largest absolute Gasteiger partial charge is 0.339 e. The summed E-state index contributed by atoms with van der Waals surface area (Å²) in [7, 11) is 2.00. The predicted molar refractivity (Wildman–Crippen MR) is 65.9 cm³/mol. The predicted octanol–water partition coefficient (Wildman–Crippen LogP) is 2.00. The van der Waals surface area contributed by atoms with E-state index in [0.29, 0.717) is 17.9 Å². The maximum atomic E-state index is 5.39. The van der Waals surface area contributed by atoms with Gasteiger partial charge in [-0.3, -0.25) is 0 Å². The third-order valence-electron chi connectivity index (χ3n) is 3.28. The van der Waals surface area contributed by atoms with Crippen LogP contribution < -0.4 is 5.32 Å². The molecule has 5 heteroatoms. The van der Waals surface area contributed by atoms with Gasteiger partial charge in [-0.15, -0.1) is 0 Å². The second kappa shape index (κ2) is 5.19. The van der Waals surface area contributed by atoms with Crippen LogP contribution in [0.2, 0.25) is 0 Å². The first kappa shape index (κ1) is 11.9. The Bertz CT molecular complexity index is 342. The van der Waals surface area contributed by atoms with Crippen LogP contribution in [0.15, 0.2) is 4.52 Å². The Morgan fingerprint density at radius 3 is 3.06 bits per heavy atom. The molecule has 0 bridgehead atoms. The van der Waals surface area contributed by atoms with Gasteiger partial charge in [-0.2, -0.15) is 16.7 Å². The standard InChI is InChI=1S/C11H19N3OS/c1-4-7(2)10-13-11(15-14-10)8-5-16-6-9(8)12-3/h7-9,12H,4-6H2,1-3H3. The monoisotopic (exact) mass is 241 g/mol. The Morgan fingerprint density at radius 2 is 2.38 bits per heavy atom. The van der Waals surface area contributed by atoms with Gasteiger partial charge in [0.25, 0.3) is 0 Å². The van der Waals surface area contributed by atoms with Crippen molar-refractivity contribution < 1.29 is 4.52 Å². The van der Waals surface area contributed by atoms with E-state index in [0.717, 1.165) is 29.6 Å². The van der Waals surface area contributed by atoms with Crippen molar-refractivity contribution in [3.05, 3.63) is 11.7 Å². The highest BCUT2D eigenvalue weighted by atomic mass is 32.2. The molecule has 3 unspecified atom stereocenters. The van der Waals surface area contributed by atoms with Crippen molar-refractivity contribution in [3.8, 4) is 0 Å². The van der Waals surface area contributed by atoms with Crippen molar-refractivity contribution in [2.24, 2.45) is 0 Å². The van der Waals surface area contributed by atoms with Gasteiger partial charge in [0, 0.05) is 23.5 Å². The van der Waals surface area contributed by atoms with E-state index in [1.807, 2.05) is 18.8 Å². The minimum absolute atomic E-state index is 0.375. The number of thioether (sulfide) groups is 1. The molecule has 90 valence electrons. The second-order valence-electron chi connectivity index (χ2n) is 4.34. The summed E-state index contributed by atoms with van der Waals surface area (Å²) < 4.78 is 5.39. The molecular weight excluding hydrogens is 222 g/mol. The van der Waals surface area contributed by atoms with Crippen molar-refractivity contribution in [3.63, 3.8) is 0 Å². The molecule has 1 aromatic heterocycles. The molecule has 16 heavy (non-hydrogen) atoms. The summed E-state index contributed by atoms with van der Waals surface area (Å²) >= 11 is 1.94. The molecule has 4 nitrogen and oxygen atoms in total. The molecule has 0 aliphatic carbocycles. The fourth-order valence-electron chi connectivity index (χ4n) is 1.86. The van der Waals surface area contributed by atoms with Crippen LogP contribution in [0.3, 0.4) is 0 Å². The van der Waals surface area contributed by atoms with Crippen molar-refractivity contribution in [1.82, 2.24) is 15.5 Å². The molecule has 2 heterocycles. The SMILES string of the molecule is CCC(C)c1noc(C2CSCC2NC)n1. The van der Waals surface area contributed by atoms with Crippen LogP contribution in [0.1, 0.15) is 43.8 Å². The Kier molecular flexibility index (Phi) is 3.86. The molecule has 3 atom stereocenters. The molecule has 1 aliphatic rings. The summed E-state index contributed by atoms with van der Waals surface area (Å²) in [6.45, 7) is 4.27. The van der Waals surface area contributed by atoms with Crippen LogP contribution in [0.25, 0.3) is 0 Å². The maximum Gasteiger partial charge on any atom is 0.232 e. The Labute approximate surface area is 101 Å². The molecule has 0 amide bonds. The number of aromatic nitrogens is 2. The van der Waals surface area contributed by atoms with Gasteiger partial charge in [0.1, 0.15) is 0 Å². The molecule has 0 radical (unpaired) electrons. The maximum absolute atomic E-state index is 5.39. The van der Waals surface area contributed by atoms with Crippen molar-refractivity contribution in [2.45, 2.75) is 38.1 Å². The first-order valence-corrected chi connectivity index (χ1v) is 7.00. The molecule has 2 rings (SSSR count). The van der Waals surface area contributed by atoms with Crippen LogP contribution in [0.5, 0.6) is 0 Å². The number of likely N-dealkylation sites (N-methyl/N-ethyl adjacent to an activating group) is 1. The molecule has 1 fully saturated rings. The van der Waals surface area contributed by atoms with Crippen molar-refractivity contribution >= 4 is 11.8 Å². The average Bonchev–Trinajstić information content (AvgIpc) is 2.95. The van der Waals surface area contributed by atoms with E-state index < -0.39 is 0 Å². The number of rotatable bonds is 4. The first-order valence-electron chi connectivity index (χ1n) is 5.84. The lowest BCUT2D eigenvalue weighted by atomic mass is 10.0. The highest BCUT2D eigenvalue weighted by Crippen LogP contribution is 2.32. The molecule has 1 N–H and O–H groups in total. The Morgan fingerprint density at radius 1 is 1.56 bits per heavy atom. The van der Waals surface area contributed by atoms with E-state index in [4.69, 9.17) is 4.52 Å². The second-order valence-corrected chi connectivity index (χ2v) is 5.41. The molecule has 0 aromatic carbocycles. The molecular formula is C11H19N3OS. The minimum atomic E-state index is 0.375. The van der Waals surface area contributed by atoms with Crippen LogP contribution >= 0.6 is 11.8 Å². The Balaban J connectivity index is 2.12. The summed E-state index contributed by atoms with van der Waals surface area (Å²) in [4.78, 5) is 4.53. The summed E-state index contributed by atoms with van der Waals surface area (Å²) in [6, 6.07) is 0.468. The van der Waals surface area contributed by atoms with Gasteiger partial charge in [0.05, 0.1) is 5.92 Å². The van der Waals surface area contributed by atoms with Crippen molar-refractivity contribution in [1.29, 1.82) is 0 Å². The molecule has 0 spiro atoms.